The van der Waals surface area contributed by atoms with E-state index in [1.807, 2.05) is 29.2 Å². The summed E-state index contributed by atoms with van der Waals surface area (Å²) >= 11 is 6.02. The van der Waals surface area contributed by atoms with Crippen LogP contribution in [0.1, 0.15) is 5.56 Å². The molecule has 1 N–H and O–H groups in total. The molecule has 2 aromatic rings. The lowest BCUT2D eigenvalue weighted by Crippen LogP contribution is -3.13. The molecular formula is C17H18ClN4O4+. The number of non-ortho nitro benzene ring substituents is 1. The van der Waals surface area contributed by atoms with Crippen LogP contribution in [0.25, 0.3) is 0 Å². The van der Waals surface area contributed by atoms with Gasteiger partial charge in [0.05, 0.1) is 42.1 Å². The van der Waals surface area contributed by atoms with Crippen LogP contribution in [0.3, 0.4) is 0 Å². The number of hydrogen-bond donors (Lipinski definition) is 1. The van der Waals surface area contributed by atoms with E-state index in [9.17, 15) is 20.2 Å². The molecule has 0 unspecified atom stereocenters. The first-order chi connectivity index (χ1) is 12.4. The van der Waals surface area contributed by atoms with Crippen LogP contribution in [-0.2, 0) is 6.54 Å². The number of quaternary nitrogens is 1. The Bertz CT molecular complexity index is 837. The summed E-state index contributed by atoms with van der Waals surface area (Å²) in [5, 5.41) is 22.9. The SMILES string of the molecule is O=[N+]([O-])c1ccc(N2CC[NH+](Cc3cccc(Cl)c3)CC2)c([N+](=O)[O-])c1. The maximum atomic E-state index is 11.3. The van der Waals surface area contributed by atoms with Crippen LogP contribution in [0.4, 0.5) is 17.1 Å². The number of piperazine rings is 1. The number of nitrogens with one attached hydrogen (secondary N) is 1. The van der Waals surface area contributed by atoms with Crippen LogP contribution in [0.2, 0.25) is 5.02 Å². The van der Waals surface area contributed by atoms with Crippen molar-refractivity contribution < 1.29 is 14.7 Å². The Kier molecular flexibility index (Phi) is 5.34. The van der Waals surface area contributed by atoms with Gasteiger partial charge in [-0.3, -0.25) is 20.2 Å². The molecule has 1 saturated heterocycles. The molecule has 0 radical (unpaired) electrons. The summed E-state index contributed by atoms with van der Waals surface area (Å²) in [6.07, 6.45) is 0. The predicted octanol–water partition coefficient (Wildman–Crippen LogP) is 2.06. The Balaban J connectivity index is 1.69. The minimum Gasteiger partial charge on any atom is -0.355 e. The maximum absolute atomic E-state index is 11.3. The second-order valence-corrected chi connectivity index (χ2v) is 6.67. The van der Waals surface area contributed by atoms with E-state index in [4.69, 9.17) is 11.6 Å². The van der Waals surface area contributed by atoms with Crippen molar-refractivity contribution in [3.8, 4) is 0 Å². The molecule has 8 nitrogen and oxygen atoms in total. The third-order valence-corrected chi connectivity index (χ3v) is 4.76. The molecule has 0 atom stereocenters. The Morgan fingerprint density at radius 1 is 1.04 bits per heavy atom. The average molecular weight is 378 g/mol. The number of nitro groups is 2. The molecule has 2 aromatic carbocycles. The van der Waals surface area contributed by atoms with Crippen molar-refractivity contribution in [2.75, 3.05) is 31.1 Å². The van der Waals surface area contributed by atoms with E-state index in [0.717, 1.165) is 31.3 Å². The van der Waals surface area contributed by atoms with Crippen molar-refractivity contribution in [1.82, 2.24) is 0 Å². The van der Waals surface area contributed by atoms with Gasteiger partial charge in [0.2, 0.25) is 0 Å². The summed E-state index contributed by atoms with van der Waals surface area (Å²) in [5.74, 6) is 0. The fourth-order valence-electron chi connectivity index (χ4n) is 3.22. The van der Waals surface area contributed by atoms with Crippen molar-refractivity contribution in [3.05, 3.63) is 73.3 Å². The molecule has 1 aliphatic heterocycles. The summed E-state index contributed by atoms with van der Waals surface area (Å²) < 4.78 is 0. The predicted molar refractivity (Wildman–Crippen MR) is 97.8 cm³/mol. The molecule has 1 aliphatic rings. The Labute approximate surface area is 154 Å². The highest BCUT2D eigenvalue weighted by molar-refractivity contribution is 6.30. The minimum atomic E-state index is -0.621. The van der Waals surface area contributed by atoms with Crippen molar-refractivity contribution in [3.63, 3.8) is 0 Å². The number of nitro benzene ring substituents is 2. The van der Waals surface area contributed by atoms with Crippen LogP contribution in [0.15, 0.2) is 42.5 Å². The summed E-state index contributed by atoms with van der Waals surface area (Å²) in [4.78, 5) is 24.3. The normalized spacial score (nSPS) is 15.0. The zero-order chi connectivity index (χ0) is 18.7. The molecule has 0 saturated carbocycles. The van der Waals surface area contributed by atoms with E-state index >= 15 is 0 Å². The lowest BCUT2D eigenvalue weighted by atomic mass is 10.1. The largest absolute Gasteiger partial charge is 0.355 e. The van der Waals surface area contributed by atoms with Gasteiger partial charge in [0, 0.05) is 16.7 Å². The van der Waals surface area contributed by atoms with E-state index in [2.05, 4.69) is 0 Å². The topological polar surface area (TPSA) is 94.0 Å². The van der Waals surface area contributed by atoms with Gasteiger partial charge in [-0.15, -0.1) is 0 Å². The van der Waals surface area contributed by atoms with Crippen molar-refractivity contribution in [2.24, 2.45) is 0 Å². The van der Waals surface area contributed by atoms with Gasteiger partial charge in [0.15, 0.2) is 0 Å². The van der Waals surface area contributed by atoms with Gasteiger partial charge < -0.3 is 9.80 Å². The zero-order valence-electron chi connectivity index (χ0n) is 13.9. The van der Waals surface area contributed by atoms with Gasteiger partial charge in [-0.05, 0) is 18.2 Å². The van der Waals surface area contributed by atoms with E-state index in [1.54, 1.807) is 0 Å². The quantitative estimate of drug-likeness (QED) is 0.635. The van der Waals surface area contributed by atoms with E-state index < -0.39 is 9.85 Å². The summed E-state index contributed by atoms with van der Waals surface area (Å²) in [6, 6.07) is 11.6. The van der Waals surface area contributed by atoms with Gasteiger partial charge in [0.1, 0.15) is 12.2 Å². The lowest BCUT2D eigenvalue weighted by molar-refractivity contribution is -0.914. The minimum absolute atomic E-state index is 0.225. The third-order valence-electron chi connectivity index (χ3n) is 4.52. The van der Waals surface area contributed by atoms with E-state index in [-0.39, 0.29) is 11.4 Å². The fraction of sp³-hybridized carbons (Fsp3) is 0.294. The molecule has 0 amide bonds. The van der Waals surface area contributed by atoms with Crippen LogP contribution in [0, 0.1) is 20.2 Å². The summed E-state index contributed by atoms with van der Waals surface area (Å²) in [6.45, 7) is 3.78. The fourth-order valence-corrected chi connectivity index (χ4v) is 3.43. The van der Waals surface area contributed by atoms with Gasteiger partial charge in [-0.1, -0.05) is 23.7 Å². The molecule has 1 fully saturated rings. The second-order valence-electron chi connectivity index (χ2n) is 6.23. The number of benzene rings is 2. The summed E-state index contributed by atoms with van der Waals surface area (Å²) in [5.41, 5.74) is 1.09. The van der Waals surface area contributed by atoms with E-state index in [1.165, 1.54) is 17.0 Å². The Morgan fingerprint density at radius 2 is 1.77 bits per heavy atom. The molecular weight excluding hydrogens is 360 g/mol. The summed E-state index contributed by atoms with van der Waals surface area (Å²) in [7, 11) is 0. The van der Waals surface area contributed by atoms with Gasteiger partial charge >= 0.3 is 0 Å². The highest BCUT2D eigenvalue weighted by atomic mass is 35.5. The highest BCUT2D eigenvalue weighted by Gasteiger charge is 2.27. The average Bonchev–Trinajstić information content (AvgIpc) is 2.62. The lowest BCUT2D eigenvalue weighted by Gasteiger charge is -2.33. The smallest absolute Gasteiger partial charge is 0.299 e. The second kappa shape index (κ2) is 7.67. The Hall–Kier alpha value is -2.71. The molecule has 136 valence electrons. The molecule has 0 spiro atoms. The molecule has 0 aliphatic carbocycles. The van der Waals surface area contributed by atoms with Crippen LogP contribution in [-0.4, -0.2) is 36.0 Å². The van der Waals surface area contributed by atoms with Gasteiger partial charge in [-0.2, -0.15) is 0 Å². The van der Waals surface area contributed by atoms with Crippen LogP contribution < -0.4 is 9.80 Å². The number of halogens is 1. The first-order valence-corrected chi connectivity index (χ1v) is 8.57. The molecule has 0 aromatic heterocycles. The molecule has 26 heavy (non-hydrogen) atoms. The first kappa shape index (κ1) is 18.1. The van der Waals surface area contributed by atoms with E-state index in [0.29, 0.717) is 23.8 Å². The molecule has 3 rings (SSSR count). The van der Waals surface area contributed by atoms with Gasteiger partial charge in [0.25, 0.3) is 11.4 Å². The van der Waals surface area contributed by atoms with Crippen LogP contribution >= 0.6 is 11.6 Å². The van der Waals surface area contributed by atoms with Gasteiger partial charge in [-0.25, -0.2) is 0 Å². The number of nitrogens with zero attached hydrogens (tertiary/aromatic N) is 3. The molecule has 1 heterocycles. The Morgan fingerprint density at radius 3 is 2.38 bits per heavy atom. The number of hydrogen-bond acceptors (Lipinski definition) is 5. The number of anilines is 1. The molecule has 0 bridgehead atoms. The third kappa shape index (κ3) is 4.09. The standard InChI is InChI=1S/C17H17ClN4O4/c18-14-3-1-2-13(10-14)12-19-6-8-20(9-7-19)16-5-4-15(21(23)24)11-17(16)22(25)26/h1-5,10-11H,6-9,12H2/p+1. The van der Waals surface area contributed by atoms with Crippen molar-refractivity contribution >= 4 is 28.7 Å². The van der Waals surface area contributed by atoms with Crippen molar-refractivity contribution in [2.45, 2.75) is 6.54 Å². The maximum Gasteiger partial charge on any atom is 0.299 e. The van der Waals surface area contributed by atoms with Crippen molar-refractivity contribution in [1.29, 1.82) is 0 Å². The zero-order valence-corrected chi connectivity index (χ0v) is 14.7. The highest BCUT2D eigenvalue weighted by Crippen LogP contribution is 2.31. The molecule has 9 heteroatoms. The monoisotopic (exact) mass is 377 g/mol. The number of rotatable bonds is 5. The first-order valence-electron chi connectivity index (χ1n) is 8.20. The van der Waals surface area contributed by atoms with Crippen LogP contribution in [0.5, 0.6) is 0 Å².